The van der Waals surface area contributed by atoms with E-state index in [9.17, 15) is 8.76 Å². The predicted molar refractivity (Wildman–Crippen MR) is 95.0 cm³/mol. The van der Waals surface area contributed by atoms with Crippen LogP contribution in [0.5, 0.6) is 11.5 Å². The zero-order valence-corrected chi connectivity index (χ0v) is 14.8. The number of hydrogen-bond acceptors (Lipinski definition) is 4. The summed E-state index contributed by atoms with van der Waals surface area (Å²) in [5.41, 5.74) is 3.58. The average molecular weight is 358 g/mol. The van der Waals surface area contributed by atoms with Crippen molar-refractivity contribution in [1.82, 2.24) is 4.72 Å². The average Bonchev–Trinajstić information content (AvgIpc) is 3.18. The first-order valence-electron chi connectivity index (χ1n) is 8.45. The van der Waals surface area contributed by atoms with Gasteiger partial charge in [-0.1, -0.05) is 30.3 Å². The Hall–Kier alpha value is -1.89. The second kappa shape index (κ2) is 6.78. The lowest BCUT2D eigenvalue weighted by Crippen LogP contribution is -2.28. The molecule has 5 nitrogen and oxygen atoms in total. The van der Waals surface area contributed by atoms with Crippen LogP contribution in [-0.2, 0) is 11.3 Å². The van der Waals surface area contributed by atoms with E-state index >= 15 is 0 Å². The Bertz CT molecular complexity index is 793. The molecule has 0 aromatic heterocycles. The van der Waals surface area contributed by atoms with Crippen molar-refractivity contribution in [2.45, 2.75) is 31.7 Å². The van der Waals surface area contributed by atoms with Crippen molar-refractivity contribution in [3.63, 3.8) is 0 Å². The van der Waals surface area contributed by atoms with Crippen molar-refractivity contribution in [1.29, 1.82) is 0 Å². The summed E-state index contributed by atoms with van der Waals surface area (Å²) in [6.07, 6.45) is 2.00. The van der Waals surface area contributed by atoms with Crippen LogP contribution in [0, 0.1) is 5.92 Å². The van der Waals surface area contributed by atoms with Gasteiger partial charge in [0.25, 0.3) is 0 Å². The summed E-state index contributed by atoms with van der Waals surface area (Å²) in [4.78, 5) is 0. The highest BCUT2D eigenvalue weighted by Gasteiger charge is 2.38. The fourth-order valence-electron chi connectivity index (χ4n) is 3.58. The van der Waals surface area contributed by atoms with Gasteiger partial charge in [0, 0.05) is 17.3 Å². The van der Waals surface area contributed by atoms with Gasteiger partial charge in [0.2, 0.25) is 6.79 Å². The third-order valence-corrected chi connectivity index (χ3v) is 5.52. The number of nitrogens with one attached hydrogen (secondary N) is 1. The van der Waals surface area contributed by atoms with E-state index in [4.69, 9.17) is 9.47 Å². The fraction of sp³-hybridized carbons (Fsp3) is 0.368. The van der Waals surface area contributed by atoms with E-state index < -0.39 is 11.3 Å². The predicted octanol–water partition coefficient (Wildman–Crippen LogP) is 3.35. The number of rotatable bonds is 6. The minimum Gasteiger partial charge on any atom is -0.760 e. The Kier molecular flexibility index (Phi) is 4.50. The third-order valence-electron chi connectivity index (χ3n) is 4.92. The molecule has 1 fully saturated rings. The van der Waals surface area contributed by atoms with Gasteiger partial charge in [-0.2, -0.15) is 0 Å². The monoisotopic (exact) mass is 358 g/mol. The van der Waals surface area contributed by atoms with Gasteiger partial charge in [-0.25, -0.2) is 4.72 Å². The zero-order chi connectivity index (χ0) is 17.4. The molecule has 25 heavy (non-hydrogen) atoms. The summed E-state index contributed by atoms with van der Waals surface area (Å²) in [6.45, 7) is 2.20. The summed E-state index contributed by atoms with van der Waals surface area (Å²) in [5, 5.41) is 0. The summed E-state index contributed by atoms with van der Waals surface area (Å²) < 4.78 is 34.7. The van der Waals surface area contributed by atoms with Crippen molar-refractivity contribution in [2.75, 3.05) is 6.79 Å². The molecule has 0 amide bonds. The van der Waals surface area contributed by atoms with Crippen LogP contribution in [0.25, 0.3) is 11.1 Å². The molecule has 2 aromatic carbocycles. The number of hydrogen-bond donors (Lipinski definition) is 1. The first kappa shape index (κ1) is 16.6. The molecule has 1 aliphatic heterocycles. The second-order valence-corrected chi connectivity index (χ2v) is 7.49. The quantitative estimate of drug-likeness (QED) is 0.804. The Morgan fingerprint density at radius 1 is 1.16 bits per heavy atom. The Labute approximate surface area is 149 Å². The van der Waals surface area contributed by atoms with E-state index in [-0.39, 0.29) is 12.8 Å². The smallest absolute Gasteiger partial charge is 0.231 e. The van der Waals surface area contributed by atoms with Crippen LogP contribution in [0.1, 0.15) is 31.2 Å². The third kappa shape index (κ3) is 3.71. The van der Waals surface area contributed by atoms with E-state index in [0.717, 1.165) is 35.5 Å². The molecule has 1 heterocycles. The molecular formula is C19H20NO4S-. The molecule has 0 saturated heterocycles. The van der Waals surface area contributed by atoms with Gasteiger partial charge in [-0.05, 0) is 60.4 Å². The maximum atomic E-state index is 10.7. The first-order valence-corrected chi connectivity index (χ1v) is 9.53. The molecule has 1 N–H and O–H groups in total. The molecule has 4 rings (SSSR count). The van der Waals surface area contributed by atoms with Gasteiger partial charge in [0.15, 0.2) is 11.5 Å². The lowest BCUT2D eigenvalue weighted by Gasteiger charge is -2.15. The number of ether oxygens (including phenoxy) is 2. The fourth-order valence-corrected chi connectivity index (χ4v) is 4.01. The second-order valence-electron chi connectivity index (χ2n) is 6.78. The first-order chi connectivity index (χ1) is 12.1. The minimum atomic E-state index is -2.18. The summed E-state index contributed by atoms with van der Waals surface area (Å²) in [6, 6.07) is 14.6. The van der Waals surface area contributed by atoms with E-state index in [1.165, 1.54) is 5.56 Å². The lowest BCUT2D eigenvalue weighted by molar-refractivity contribution is 0.174. The summed E-state index contributed by atoms with van der Waals surface area (Å²) in [7, 11) is 0. The lowest BCUT2D eigenvalue weighted by atomic mass is 10.0. The van der Waals surface area contributed by atoms with Crippen LogP contribution in [0.3, 0.4) is 0 Å². The molecular weight excluding hydrogens is 338 g/mol. The standard InChI is InChI=1S/C19H21NO4S/c1-12(20-25(21)22)8-16-9-17(16)14-4-2-13(3-5-14)15-6-7-18-19(10-15)24-11-23-18/h2-7,10,12,16-17,20H,8-9,11H2,1H3,(H,21,22)/p-1. The highest BCUT2D eigenvalue weighted by Crippen LogP contribution is 2.50. The largest absolute Gasteiger partial charge is 0.760 e. The molecule has 4 atom stereocenters. The highest BCUT2D eigenvalue weighted by molar-refractivity contribution is 7.77. The summed E-state index contributed by atoms with van der Waals surface area (Å²) in [5.74, 6) is 2.68. The van der Waals surface area contributed by atoms with Gasteiger partial charge >= 0.3 is 0 Å². The van der Waals surface area contributed by atoms with E-state index in [2.05, 4.69) is 29.0 Å². The van der Waals surface area contributed by atoms with Gasteiger partial charge in [0.1, 0.15) is 0 Å². The van der Waals surface area contributed by atoms with Gasteiger partial charge in [-0.15, -0.1) is 0 Å². The molecule has 0 radical (unpaired) electrons. The van der Waals surface area contributed by atoms with Crippen molar-refractivity contribution in [3.8, 4) is 22.6 Å². The molecule has 2 aliphatic rings. The van der Waals surface area contributed by atoms with E-state index in [1.54, 1.807) is 0 Å². The highest BCUT2D eigenvalue weighted by atomic mass is 32.2. The van der Waals surface area contributed by atoms with Gasteiger partial charge in [0.05, 0.1) is 0 Å². The molecule has 0 spiro atoms. The van der Waals surface area contributed by atoms with Crippen molar-refractivity contribution in [3.05, 3.63) is 48.0 Å². The topological polar surface area (TPSA) is 70.6 Å². The number of fused-ring (bicyclic) bond motifs is 1. The van der Waals surface area contributed by atoms with Crippen LogP contribution < -0.4 is 14.2 Å². The van der Waals surface area contributed by atoms with Crippen LogP contribution in [0.15, 0.2) is 42.5 Å². The van der Waals surface area contributed by atoms with Crippen molar-refractivity contribution < 1.29 is 18.2 Å². The van der Waals surface area contributed by atoms with E-state index in [1.807, 2.05) is 25.1 Å². The molecule has 4 unspecified atom stereocenters. The Balaban J connectivity index is 1.41. The minimum absolute atomic E-state index is 0.0127. The van der Waals surface area contributed by atoms with Crippen LogP contribution in [-0.4, -0.2) is 21.6 Å². The number of benzene rings is 2. The molecule has 2 aromatic rings. The SMILES string of the molecule is CC(CC1CC1c1ccc(-c2ccc3c(c2)OCO3)cc1)NS(=O)[O-]. The molecule has 1 saturated carbocycles. The van der Waals surface area contributed by atoms with Crippen molar-refractivity contribution >= 4 is 11.3 Å². The normalized spacial score (nSPS) is 23.3. The molecule has 132 valence electrons. The molecule has 1 aliphatic carbocycles. The molecule has 0 bridgehead atoms. The van der Waals surface area contributed by atoms with Crippen molar-refractivity contribution in [2.24, 2.45) is 5.92 Å². The zero-order valence-electron chi connectivity index (χ0n) is 13.9. The molecule has 6 heteroatoms. The Morgan fingerprint density at radius 2 is 1.88 bits per heavy atom. The Morgan fingerprint density at radius 3 is 2.64 bits per heavy atom. The van der Waals surface area contributed by atoms with Gasteiger partial charge in [-0.3, -0.25) is 4.21 Å². The van der Waals surface area contributed by atoms with Gasteiger partial charge < -0.3 is 14.0 Å². The maximum Gasteiger partial charge on any atom is 0.231 e. The van der Waals surface area contributed by atoms with Crippen LogP contribution in [0.2, 0.25) is 0 Å². The van der Waals surface area contributed by atoms with E-state index in [0.29, 0.717) is 11.8 Å². The van der Waals surface area contributed by atoms with Crippen LogP contribution in [0.4, 0.5) is 0 Å². The maximum absolute atomic E-state index is 10.7. The van der Waals surface area contributed by atoms with Crippen LogP contribution >= 0.6 is 0 Å². The summed E-state index contributed by atoms with van der Waals surface area (Å²) >= 11 is -2.18.